The molecule has 0 saturated carbocycles. The van der Waals surface area contributed by atoms with E-state index in [1.54, 1.807) is 12.1 Å². The number of amides is 1. The van der Waals surface area contributed by atoms with E-state index in [4.69, 9.17) is 32.7 Å². The molecule has 10 heteroatoms. The maximum absolute atomic E-state index is 14.3. The van der Waals surface area contributed by atoms with Crippen molar-refractivity contribution in [3.63, 3.8) is 0 Å². The molecule has 0 bridgehead atoms. The molecule has 1 N–H and O–H groups in total. The van der Waals surface area contributed by atoms with Gasteiger partial charge in [-0.25, -0.2) is 13.8 Å². The Labute approximate surface area is 173 Å². The monoisotopic (exact) mass is 446 g/mol. The van der Waals surface area contributed by atoms with Crippen LogP contribution in [0.3, 0.4) is 0 Å². The standard InChI is InChI=1S/C16H11ClF2N2O2S.C2H3ClO/c1-20-16(22)14-9(18)3-4-11(15(14)19)23-7-13-21-10-6-8(17)2-5-12(10)24-13;3-1-2-4/h2-6H,7H2,1H3,(H,20,22);2H,1H2. The molecule has 148 valence electrons. The molecule has 0 atom stereocenters. The summed E-state index contributed by atoms with van der Waals surface area (Å²) in [5.41, 5.74) is 0.0443. The summed E-state index contributed by atoms with van der Waals surface area (Å²) in [6.07, 6.45) is 0.640. The second-order valence-corrected chi connectivity index (χ2v) is 7.00. The summed E-state index contributed by atoms with van der Waals surface area (Å²) in [5.74, 6) is -2.95. The summed E-state index contributed by atoms with van der Waals surface area (Å²) in [5, 5.41) is 3.37. The highest BCUT2D eigenvalue weighted by molar-refractivity contribution is 7.18. The van der Waals surface area contributed by atoms with E-state index in [-0.39, 0.29) is 18.2 Å². The van der Waals surface area contributed by atoms with Crippen LogP contribution in [0.5, 0.6) is 5.75 Å². The number of rotatable bonds is 5. The SMILES string of the molecule is CNC(=O)c1c(F)ccc(OCc2nc3cc(Cl)ccc3s2)c1F.O=CCCl. The highest BCUT2D eigenvalue weighted by Gasteiger charge is 2.20. The summed E-state index contributed by atoms with van der Waals surface area (Å²) >= 11 is 12.1. The average molecular weight is 447 g/mol. The van der Waals surface area contributed by atoms with Crippen molar-refractivity contribution in [1.29, 1.82) is 0 Å². The van der Waals surface area contributed by atoms with Gasteiger partial charge in [-0.3, -0.25) is 4.79 Å². The summed E-state index contributed by atoms with van der Waals surface area (Å²) in [6.45, 7) is -0.00724. The maximum atomic E-state index is 14.3. The normalized spacial score (nSPS) is 10.2. The van der Waals surface area contributed by atoms with E-state index in [0.717, 1.165) is 22.3 Å². The second kappa shape index (κ2) is 10.3. The Morgan fingerprint density at radius 2 is 2.04 bits per heavy atom. The summed E-state index contributed by atoms with van der Waals surface area (Å²) in [4.78, 5) is 24.9. The lowest BCUT2D eigenvalue weighted by atomic mass is 10.1. The van der Waals surface area contributed by atoms with Crippen LogP contribution in [0.1, 0.15) is 15.4 Å². The molecule has 2 aromatic carbocycles. The van der Waals surface area contributed by atoms with Crippen LogP contribution in [0.15, 0.2) is 30.3 Å². The van der Waals surface area contributed by atoms with Gasteiger partial charge in [-0.1, -0.05) is 11.6 Å². The minimum Gasteiger partial charge on any atom is -0.483 e. The Morgan fingerprint density at radius 1 is 1.32 bits per heavy atom. The smallest absolute Gasteiger partial charge is 0.257 e. The quantitative estimate of drug-likeness (QED) is 0.459. The number of thiazole rings is 1. The molecule has 0 saturated heterocycles. The predicted molar refractivity (Wildman–Crippen MR) is 105 cm³/mol. The van der Waals surface area contributed by atoms with Gasteiger partial charge in [0.15, 0.2) is 11.6 Å². The first kappa shape index (κ1) is 22.0. The van der Waals surface area contributed by atoms with E-state index in [2.05, 4.69) is 10.3 Å². The molecule has 1 heterocycles. The highest BCUT2D eigenvalue weighted by atomic mass is 35.5. The van der Waals surface area contributed by atoms with Gasteiger partial charge in [-0.15, -0.1) is 22.9 Å². The highest BCUT2D eigenvalue weighted by Crippen LogP contribution is 2.28. The number of nitrogens with one attached hydrogen (secondary N) is 1. The van der Waals surface area contributed by atoms with E-state index >= 15 is 0 Å². The van der Waals surface area contributed by atoms with Gasteiger partial charge in [0.1, 0.15) is 29.3 Å². The number of fused-ring (bicyclic) bond motifs is 1. The van der Waals surface area contributed by atoms with Crippen molar-refractivity contribution in [2.24, 2.45) is 0 Å². The molecule has 0 radical (unpaired) electrons. The van der Waals surface area contributed by atoms with Gasteiger partial charge >= 0.3 is 0 Å². The molecule has 0 fully saturated rings. The van der Waals surface area contributed by atoms with Crippen LogP contribution in [0.4, 0.5) is 8.78 Å². The number of alkyl halides is 1. The van der Waals surface area contributed by atoms with Crippen LogP contribution < -0.4 is 10.1 Å². The van der Waals surface area contributed by atoms with E-state index in [1.165, 1.54) is 18.4 Å². The van der Waals surface area contributed by atoms with E-state index in [0.29, 0.717) is 16.3 Å². The zero-order valence-electron chi connectivity index (χ0n) is 14.5. The fourth-order valence-corrected chi connectivity index (χ4v) is 3.15. The first-order valence-electron chi connectivity index (χ1n) is 7.78. The Balaban J connectivity index is 0.000000640. The lowest BCUT2D eigenvalue weighted by molar-refractivity contribution is -0.105. The molecule has 0 unspecified atom stereocenters. The van der Waals surface area contributed by atoms with Crippen molar-refractivity contribution < 1.29 is 23.1 Å². The summed E-state index contributed by atoms with van der Waals surface area (Å²) < 4.78 is 34.2. The van der Waals surface area contributed by atoms with Crippen LogP contribution in [0.25, 0.3) is 10.2 Å². The first-order valence-corrected chi connectivity index (χ1v) is 9.51. The third-order valence-electron chi connectivity index (χ3n) is 3.32. The molecular weight excluding hydrogens is 433 g/mol. The van der Waals surface area contributed by atoms with Crippen molar-refractivity contribution in [3.05, 3.63) is 57.6 Å². The number of aldehydes is 1. The molecule has 1 aromatic heterocycles. The lowest BCUT2D eigenvalue weighted by Crippen LogP contribution is -2.21. The number of hydrogen-bond acceptors (Lipinski definition) is 5. The van der Waals surface area contributed by atoms with E-state index < -0.39 is 23.1 Å². The number of ether oxygens (including phenoxy) is 1. The largest absolute Gasteiger partial charge is 0.483 e. The molecule has 1 amide bonds. The molecule has 28 heavy (non-hydrogen) atoms. The van der Waals surface area contributed by atoms with Crippen LogP contribution >= 0.6 is 34.5 Å². The second-order valence-electron chi connectivity index (χ2n) is 5.14. The maximum Gasteiger partial charge on any atom is 0.257 e. The number of hydrogen-bond donors (Lipinski definition) is 1. The Morgan fingerprint density at radius 3 is 2.68 bits per heavy atom. The number of carbonyl (C=O) groups is 2. The van der Waals surface area contributed by atoms with Crippen molar-refractivity contribution in [1.82, 2.24) is 10.3 Å². The zero-order chi connectivity index (χ0) is 20.7. The number of nitrogens with zero attached hydrogens (tertiary/aromatic N) is 1. The fraction of sp³-hybridized carbons (Fsp3) is 0.167. The van der Waals surface area contributed by atoms with Crippen molar-refractivity contribution >= 4 is 56.9 Å². The van der Waals surface area contributed by atoms with Gasteiger partial charge in [0.2, 0.25) is 0 Å². The Bertz CT molecular complexity index is 998. The topological polar surface area (TPSA) is 68.3 Å². The molecule has 0 spiro atoms. The van der Waals surface area contributed by atoms with Crippen LogP contribution in [0.2, 0.25) is 5.02 Å². The Hall–Kier alpha value is -2.29. The molecule has 0 aliphatic carbocycles. The van der Waals surface area contributed by atoms with Crippen LogP contribution in [-0.2, 0) is 11.4 Å². The third kappa shape index (κ3) is 5.37. The Kier molecular flexibility index (Phi) is 8.10. The van der Waals surface area contributed by atoms with Crippen molar-refractivity contribution in [2.75, 3.05) is 12.9 Å². The summed E-state index contributed by atoms with van der Waals surface area (Å²) in [6, 6.07) is 7.43. The van der Waals surface area contributed by atoms with Crippen LogP contribution in [-0.4, -0.2) is 30.1 Å². The number of benzene rings is 2. The van der Waals surface area contributed by atoms with Crippen molar-refractivity contribution in [2.45, 2.75) is 6.61 Å². The first-order chi connectivity index (χ1) is 13.4. The molecular formula is C18H14Cl2F2N2O3S. The third-order valence-corrected chi connectivity index (χ3v) is 4.69. The van der Waals surface area contributed by atoms with E-state index in [9.17, 15) is 13.6 Å². The average Bonchev–Trinajstić information content (AvgIpc) is 3.09. The molecule has 3 aromatic rings. The van der Waals surface area contributed by atoms with Gasteiger partial charge in [-0.05, 0) is 30.3 Å². The zero-order valence-corrected chi connectivity index (χ0v) is 16.8. The van der Waals surface area contributed by atoms with Gasteiger partial charge in [0, 0.05) is 12.1 Å². The molecule has 0 aliphatic heterocycles. The van der Waals surface area contributed by atoms with Gasteiger partial charge < -0.3 is 14.8 Å². The minimum absolute atomic E-state index is 0.00724. The minimum atomic E-state index is -1.04. The number of halogens is 4. The molecule has 3 rings (SSSR count). The number of carbonyl (C=O) groups excluding carboxylic acids is 2. The van der Waals surface area contributed by atoms with Crippen LogP contribution in [0, 0.1) is 11.6 Å². The lowest BCUT2D eigenvalue weighted by Gasteiger charge is -2.09. The van der Waals surface area contributed by atoms with Gasteiger partial charge in [0.05, 0.1) is 16.1 Å². The van der Waals surface area contributed by atoms with Gasteiger partial charge in [-0.2, -0.15) is 0 Å². The number of aromatic nitrogens is 1. The van der Waals surface area contributed by atoms with Gasteiger partial charge in [0.25, 0.3) is 5.91 Å². The van der Waals surface area contributed by atoms with Crippen molar-refractivity contribution in [3.8, 4) is 5.75 Å². The molecule has 5 nitrogen and oxygen atoms in total. The fourth-order valence-electron chi connectivity index (χ4n) is 2.13. The summed E-state index contributed by atoms with van der Waals surface area (Å²) in [7, 11) is 1.29. The molecule has 0 aliphatic rings. The van der Waals surface area contributed by atoms with E-state index in [1.807, 2.05) is 6.07 Å². The predicted octanol–water partition coefficient (Wildman–Crippen LogP) is 4.59.